The van der Waals surface area contributed by atoms with Gasteiger partial charge in [0.25, 0.3) is 0 Å². The zero-order valence-corrected chi connectivity index (χ0v) is 10.9. The van der Waals surface area contributed by atoms with E-state index in [0.29, 0.717) is 13.1 Å². The largest absolute Gasteiger partial charge is 0.324 e. The van der Waals surface area contributed by atoms with E-state index in [9.17, 15) is 8.42 Å². The van der Waals surface area contributed by atoms with E-state index < -0.39 is 14.6 Å². The molecule has 0 spiro atoms. The van der Waals surface area contributed by atoms with Gasteiger partial charge >= 0.3 is 0 Å². The van der Waals surface area contributed by atoms with Crippen LogP contribution in [0.4, 0.5) is 0 Å². The van der Waals surface area contributed by atoms with Crippen LogP contribution >= 0.6 is 0 Å². The van der Waals surface area contributed by atoms with Crippen molar-refractivity contribution in [3.8, 4) is 0 Å². The lowest BCUT2D eigenvalue weighted by molar-refractivity contribution is 0.209. The minimum atomic E-state index is -2.93. The molecular formula is C10H22N2O2S. The summed E-state index contributed by atoms with van der Waals surface area (Å²) in [7, 11) is -2.93. The van der Waals surface area contributed by atoms with E-state index in [1.807, 2.05) is 13.8 Å². The molecule has 5 heteroatoms. The SMILES string of the molecule is CC(C)(N)CN1CCS(=O)(=O)C(C)(C)C1. The molecular weight excluding hydrogens is 212 g/mol. The second kappa shape index (κ2) is 3.71. The van der Waals surface area contributed by atoms with Gasteiger partial charge in [0, 0.05) is 25.2 Å². The van der Waals surface area contributed by atoms with Gasteiger partial charge in [-0.05, 0) is 27.7 Å². The summed E-state index contributed by atoms with van der Waals surface area (Å²) in [4.78, 5) is 2.14. The molecule has 0 aromatic carbocycles. The lowest BCUT2D eigenvalue weighted by Gasteiger charge is -2.40. The second-order valence-corrected chi connectivity index (χ2v) is 8.52. The number of hydrogen-bond donors (Lipinski definition) is 1. The standard InChI is InChI=1S/C10H22N2O2S/c1-9(2,11)7-12-5-6-15(13,14)10(3,4)8-12/h5-8,11H2,1-4H3. The number of hydrogen-bond acceptors (Lipinski definition) is 4. The first kappa shape index (κ1) is 12.9. The average molecular weight is 234 g/mol. The summed E-state index contributed by atoms with van der Waals surface area (Å²) in [6.45, 7) is 9.43. The molecule has 0 atom stereocenters. The minimum absolute atomic E-state index is 0.246. The maximum Gasteiger partial charge on any atom is 0.157 e. The Bertz CT molecular complexity index is 328. The normalized spacial score (nSPS) is 26.5. The summed E-state index contributed by atoms with van der Waals surface area (Å²) in [6.07, 6.45) is 0. The highest BCUT2D eigenvalue weighted by atomic mass is 32.2. The number of nitrogens with zero attached hydrogens (tertiary/aromatic N) is 1. The van der Waals surface area contributed by atoms with Gasteiger partial charge in [0.2, 0.25) is 0 Å². The Kier molecular flexibility index (Phi) is 3.20. The highest BCUT2D eigenvalue weighted by Gasteiger charge is 2.40. The average Bonchev–Trinajstić information content (AvgIpc) is 1.94. The highest BCUT2D eigenvalue weighted by molar-refractivity contribution is 7.92. The van der Waals surface area contributed by atoms with Crippen LogP contribution < -0.4 is 5.73 Å². The zero-order valence-electron chi connectivity index (χ0n) is 10.1. The molecule has 1 aliphatic rings. The van der Waals surface area contributed by atoms with Gasteiger partial charge in [0.1, 0.15) is 0 Å². The van der Waals surface area contributed by atoms with Crippen molar-refractivity contribution in [2.75, 3.05) is 25.4 Å². The van der Waals surface area contributed by atoms with Crippen molar-refractivity contribution in [1.82, 2.24) is 4.90 Å². The van der Waals surface area contributed by atoms with Crippen LogP contribution in [0.2, 0.25) is 0 Å². The van der Waals surface area contributed by atoms with Crippen molar-refractivity contribution in [2.24, 2.45) is 5.73 Å². The van der Waals surface area contributed by atoms with Crippen molar-refractivity contribution in [1.29, 1.82) is 0 Å². The maximum atomic E-state index is 11.8. The summed E-state index contributed by atoms with van der Waals surface area (Å²) < 4.78 is 22.9. The Morgan fingerprint density at radius 3 is 2.33 bits per heavy atom. The molecule has 2 N–H and O–H groups in total. The van der Waals surface area contributed by atoms with Crippen molar-refractivity contribution in [3.05, 3.63) is 0 Å². The van der Waals surface area contributed by atoms with Crippen LogP contribution in [0.3, 0.4) is 0 Å². The van der Waals surface area contributed by atoms with Gasteiger partial charge in [-0.2, -0.15) is 0 Å². The van der Waals surface area contributed by atoms with Crippen molar-refractivity contribution >= 4 is 9.84 Å². The van der Waals surface area contributed by atoms with Crippen molar-refractivity contribution < 1.29 is 8.42 Å². The monoisotopic (exact) mass is 234 g/mol. The molecule has 0 saturated carbocycles. The number of nitrogens with two attached hydrogens (primary N) is 1. The van der Waals surface area contributed by atoms with Crippen LogP contribution in [-0.4, -0.2) is 49.0 Å². The highest BCUT2D eigenvalue weighted by Crippen LogP contribution is 2.24. The molecule has 15 heavy (non-hydrogen) atoms. The molecule has 0 amide bonds. The van der Waals surface area contributed by atoms with Crippen LogP contribution in [0, 0.1) is 0 Å². The third kappa shape index (κ3) is 3.16. The molecule has 0 aliphatic carbocycles. The van der Waals surface area contributed by atoms with Gasteiger partial charge in [-0.3, -0.25) is 4.90 Å². The van der Waals surface area contributed by atoms with Crippen molar-refractivity contribution in [3.63, 3.8) is 0 Å². The molecule has 0 aromatic heterocycles. The Balaban J connectivity index is 2.72. The molecule has 1 rings (SSSR count). The predicted molar refractivity (Wildman–Crippen MR) is 62.6 cm³/mol. The Morgan fingerprint density at radius 2 is 1.93 bits per heavy atom. The van der Waals surface area contributed by atoms with Gasteiger partial charge in [0.15, 0.2) is 9.84 Å². The molecule has 4 nitrogen and oxygen atoms in total. The third-order valence-electron chi connectivity index (χ3n) is 2.75. The second-order valence-electron chi connectivity index (χ2n) is 5.78. The van der Waals surface area contributed by atoms with Crippen LogP contribution in [0.5, 0.6) is 0 Å². The van der Waals surface area contributed by atoms with E-state index in [4.69, 9.17) is 5.73 Å². The van der Waals surface area contributed by atoms with E-state index in [-0.39, 0.29) is 11.3 Å². The summed E-state index contributed by atoms with van der Waals surface area (Å²) >= 11 is 0. The topological polar surface area (TPSA) is 63.4 Å². The lowest BCUT2D eigenvalue weighted by atomic mass is 10.1. The molecule has 0 aromatic rings. The molecule has 1 aliphatic heterocycles. The van der Waals surface area contributed by atoms with Crippen LogP contribution in [0.25, 0.3) is 0 Å². The maximum absolute atomic E-state index is 11.8. The minimum Gasteiger partial charge on any atom is -0.324 e. The molecule has 0 bridgehead atoms. The van der Waals surface area contributed by atoms with Crippen LogP contribution in [0.15, 0.2) is 0 Å². The van der Waals surface area contributed by atoms with Gasteiger partial charge in [-0.15, -0.1) is 0 Å². The number of rotatable bonds is 2. The fourth-order valence-electron chi connectivity index (χ4n) is 1.95. The van der Waals surface area contributed by atoms with E-state index in [0.717, 1.165) is 6.54 Å². The van der Waals surface area contributed by atoms with Crippen LogP contribution in [0.1, 0.15) is 27.7 Å². The van der Waals surface area contributed by atoms with E-state index in [1.54, 1.807) is 13.8 Å². The third-order valence-corrected chi connectivity index (χ3v) is 5.29. The Hall–Kier alpha value is -0.130. The summed E-state index contributed by atoms with van der Waals surface area (Å²) in [5.41, 5.74) is 5.66. The van der Waals surface area contributed by atoms with Gasteiger partial charge in [-0.25, -0.2) is 8.42 Å². The first-order chi connectivity index (χ1) is 6.54. The van der Waals surface area contributed by atoms with Gasteiger partial charge < -0.3 is 5.73 Å². The first-order valence-electron chi connectivity index (χ1n) is 5.27. The predicted octanol–water partition coefficient (Wildman–Crippen LogP) is 0.233. The Morgan fingerprint density at radius 1 is 1.40 bits per heavy atom. The van der Waals surface area contributed by atoms with Crippen LogP contribution in [-0.2, 0) is 9.84 Å². The molecule has 1 heterocycles. The van der Waals surface area contributed by atoms with Gasteiger partial charge in [0.05, 0.1) is 10.5 Å². The molecule has 90 valence electrons. The van der Waals surface area contributed by atoms with Gasteiger partial charge in [-0.1, -0.05) is 0 Å². The number of sulfone groups is 1. The van der Waals surface area contributed by atoms with E-state index in [1.165, 1.54) is 0 Å². The zero-order chi connectivity index (χ0) is 11.9. The first-order valence-corrected chi connectivity index (χ1v) is 6.92. The fraction of sp³-hybridized carbons (Fsp3) is 1.00. The molecule has 1 fully saturated rings. The lowest BCUT2D eigenvalue weighted by Crippen LogP contribution is -2.57. The Labute approximate surface area is 92.7 Å². The molecule has 1 saturated heterocycles. The quantitative estimate of drug-likeness (QED) is 0.743. The summed E-state index contributed by atoms with van der Waals surface area (Å²) in [5.74, 6) is 0.246. The summed E-state index contributed by atoms with van der Waals surface area (Å²) in [5, 5.41) is 0. The van der Waals surface area contributed by atoms with Crippen molar-refractivity contribution in [2.45, 2.75) is 38.0 Å². The molecule has 0 unspecified atom stereocenters. The smallest absolute Gasteiger partial charge is 0.157 e. The van der Waals surface area contributed by atoms with E-state index in [2.05, 4.69) is 4.90 Å². The fourth-order valence-corrected chi connectivity index (χ4v) is 3.38. The summed E-state index contributed by atoms with van der Waals surface area (Å²) in [6, 6.07) is 0. The van der Waals surface area contributed by atoms with E-state index >= 15 is 0 Å². The molecule has 0 radical (unpaired) electrons.